The first-order chi connectivity index (χ1) is 11.2. The van der Waals surface area contributed by atoms with Crippen LogP contribution in [0.2, 0.25) is 0 Å². The fraction of sp³-hybridized carbons (Fsp3) is 0.250. The topological polar surface area (TPSA) is 18.8 Å². The number of anilines is 2. The summed E-state index contributed by atoms with van der Waals surface area (Å²) in [5.74, 6) is 0. The Morgan fingerprint density at radius 1 is 0.826 bits per heavy atom. The molecule has 2 aromatic rings. The van der Waals surface area contributed by atoms with E-state index < -0.39 is 0 Å². The van der Waals surface area contributed by atoms with E-state index in [1.807, 2.05) is 82.6 Å². The molecular weight excluding hydrogens is 282 g/mol. The molecule has 0 aliphatic heterocycles. The largest absolute Gasteiger partial charge is 0.377 e. The Morgan fingerprint density at radius 2 is 1.43 bits per heavy atom. The molecule has 0 aliphatic carbocycles. The molecule has 2 aromatic carbocycles. The van der Waals surface area contributed by atoms with Gasteiger partial charge in [-0.1, -0.05) is 50.2 Å². The number of aliphatic imine (C=N–C) groups is 1. The maximum Gasteiger partial charge on any atom is 0.0450 e. The summed E-state index contributed by atoms with van der Waals surface area (Å²) in [6, 6.07) is 18.4. The van der Waals surface area contributed by atoms with Crippen LogP contribution in [0, 0.1) is 0 Å². The highest BCUT2D eigenvalue weighted by atomic mass is 15.1. The van der Waals surface area contributed by atoms with Gasteiger partial charge in [0.15, 0.2) is 0 Å². The van der Waals surface area contributed by atoms with Gasteiger partial charge in [-0.25, -0.2) is 0 Å². The number of hydrogen-bond acceptors (Lipinski definition) is 3. The summed E-state index contributed by atoms with van der Waals surface area (Å²) >= 11 is 0. The summed E-state index contributed by atoms with van der Waals surface area (Å²) in [4.78, 5) is 8.50. The van der Waals surface area contributed by atoms with Gasteiger partial charge < -0.3 is 9.80 Å². The molecule has 0 spiro atoms. The Kier molecular flexibility index (Phi) is 8.22. The van der Waals surface area contributed by atoms with Crippen molar-refractivity contribution in [1.29, 1.82) is 0 Å². The standard InChI is InChI=1S/C18H21N3.C2H6/c1-20(2)18-12-8-7-9-16(18)15-19-13-14-21(3)17-10-5-4-6-11-17;1-2/h4-15H,1-3H3;1-2H3/b14-13-,19-15?;. The highest BCUT2D eigenvalue weighted by Gasteiger charge is 1.99. The van der Waals surface area contributed by atoms with Crippen molar-refractivity contribution in [3.05, 3.63) is 72.6 Å². The fourth-order valence-corrected chi connectivity index (χ4v) is 2.01. The maximum atomic E-state index is 4.38. The van der Waals surface area contributed by atoms with E-state index in [1.54, 1.807) is 6.20 Å². The second-order valence-corrected chi connectivity index (χ2v) is 4.98. The third-order valence-electron chi connectivity index (χ3n) is 3.17. The predicted octanol–water partition coefficient (Wildman–Crippen LogP) is 4.81. The first-order valence-electron chi connectivity index (χ1n) is 7.92. The van der Waals surface area contributed by atoms with Crippen molar-refractivity contribution in [1.82, 2.24) is 0 Å². The van der Waals surface area contributed by atoms with Gasteiger partial charge in [0.25, 0.3) is 0 Å². The zero-order valence-electron chi connectivity index (χ0n) is 14.8. The van der Waals surface area contributed by atoms with Crippen LogP contribution in [0.3, 0.4) is 0 Å². The van der Waals surface area contributed by atoms with Crippen molar-refractivity contribution >= 4 is 17.6 Å². The molecule has 0 atom stereocenters. The Bertz CT molecular complexity index is 616. The van der Waals surface area contributed by atoms with Gasteiger partial charge >= 0.3 is 0 Å². The molecule has 0 saturated carbocycles. The number of rotatable bonds is 5. The molecule has 3 heteroatoms. The quantitative estimate of drug-likeness (QED) is 0.738. The van der Waals surface area contributed by atoms with E-state index in [4.69, 9.17) is 0 Å². The zero-order chi connectivity index (χ0) is 17.1. The predicted molar refractivity (Wildman–Crippen MR) is 104 cm³/mol. The molecule has 0 aliphatic rings. The number of nitrogens with zero attached hydrogens (tertiary/aromatic N) is 3. The molecular formula is C20H27N3. The van der Waals surface area contributed by atoms with Crippen molar-refractivity contribution in [3.8, 4) is 0 Å². The molecule has 0 unspecified atom stereocenters. The highest BCUT2D eigenvalue weighted by molar-refractivity contribution is 5.88. The van der Waals surface area contributed by atoms with Crippen LogP contribution in [0.5, 0.6) is 0 Å². The minimum absolute atomic E-state index is 1.11. The van der Waals surface area contributed by atoms with Gasteiger partial charge in [-0.3, -0.25) is 4.99 Å². The monoisotopic (exact) mass is 309 g/mol. The molecule has 0 amide bonds. The van der Waals surface area contributed by atoms with Gasteiger partial charge in [0.2, 0.25) is 0 Å². The fourth-order valence-electron chi connectivity index (χ4n) is 2.01. The van der Waals surface area contributed by atoms with E-state index in [0.29, 0.717) is 0 Å². The van der Waals surface area contributed by atoms with Crippen molar-refractivity contribution in [2.75, 3.05) is 30.9 Å². The van der Waals surface area contributed by atoms with E-state index >= 15 is 0 Å². The van der Waals surface area contributed by atoms with Crippen LogP contribution in [-0.2, 0) is 0 Å². The third-order valence-corrected chi connectivity index (χ3v) is 3.17. The molecule has 0 fully saturated rings. The SMILES string of the molecule is CC.CN(C)c1ccccc1C=N/C=C\N(C)c1ccccc1. The van der Waals surface area contributed by atoms with E-state index in [2.05, 4.69) is 34.2 Å². The van der Waals surface area contributed by atoms with E-state index in [9.17, 15) is 0 Å². The van der Waals surface area contributed by atoms with Crippen LogP contribution < -0.4 is 9.80 Å². The lowest BCUT2D eigenvalue weighted by molar-refractivity contribution is 1.13. The second kappa shape index (κ2) is 10.2. The number of para-hydroxylation sites is 2. The van der Waals surface area contributed by atoms with E-state index in [0.717, 1.165) is 16.9 Å². The first-order valence-corrected chi connectivity index (χ1v) is 7.92. The van der Waals surface area contributed by atoms with Crippen LogP contribution in [0.4, 0.5) is 11.4 Å². The van der Waals surface area contributed by atoms with Crippen LogP contribution in [0.15, 0.2) is 72.0 Å². The first kappa shape index (κ1) is 18.5. The van der Waals surface area contributed by atoms with Crippen molar-refractivity contribution in [2.45, 2.75) is 13.8 Å². The van der Waals surface area contributed by atoms with Gasteiger partial charge in [-0.15, -0.1) is 0 Å². The van der Waals surface area contributed by atoms with Crippen molar-refractivity contribution in [2.24, 2.45) is 4.99 Å². The molecule has 3 nitrogen and oxygen atoms in total. The van der Waals surface area contributed by atoms with Gasteiger partial charge in [-0.05, 0) is 18.2 Å². The Hall–Kier alpha value is -2.55. The van der Waals surface area contributed by atoms with E-state index in [-0.39, 0.29) is 0 Å². The average molecular weight is 309 g/mol. The Labute approximate surface area is 140 Å². The normalized spacial score (nSPS) is 10.5. The van der Waals surface area contributed by atoms with Crippen LogP contribution in [0.1, 0.15) is 19.4 Å². The summed E-state index contributed by atoms with van der Waals surface area (Å²) in [7, 11) is 6.08. The molecule has 0 aromatic heterocycles. The summed E-state index contributed by atoms with van der Waals surface area (Å²) < 4.78 is 0. The number of benzene rings is 2. The van der Waals surface area contributed by atoms with Crippen LogP contribution >= 0.6 is 0 Å². The minimum Gasteiger partial charge on any atom is -0.377 e. The Morgan fingerprint density at radius 3 is 2.09 bits per heavy atom. The zero-order valence-corrected chi connectivity index (χ0v) is 14.8. The van der Waals surface area contributed by atoms with Crippen molar-refractivity contribution < 1.29 is 0 Å². The van der Waals surface area contributed by atoms with Gasteiger partial charge in [-0.2, -0.15) is 0 Å². The maximum absolute atomic E-state index is 4.38. The Balaban J connectivity index is 0.00000127. The third kappa shape index (κ3) is 5.99. The lowest BCUT2D eigenvalue weighted by atomic mass is 10.2. The molecule has 0 heterocycles. The molecule has 23 heavy (non-hydrogen) atoms. The summed E-state index contributed by atoms with van der Waals surface area (Å²) in [6.45, 7) is 4.00. The summed E-state index contributed by atoms with van der Waals surface area (Å²) in [6.07, 6.45) is 5.63. The lowest BCUT2D eigenvalue weighted by Crippen LogP contribution is -2.10. The smallest absolute Gasteiger partial charge is 0.0450 e. The van der Waals surface area contributed by atoms with Gasteiger partial charge in [0.05, 0.1) is 0 Å². The lowest BCUT2D eigenvalue weighted by Gasteiger charge is -2.14. The molecule has 0 N–H and O–H groups in total. The molecule has 0 saturated heterocycles. The highest BCUT2D eigenvalue weighted by Crippen LogP contribution is 2.15. The van der Waals surface area contributed by atoms with E-state index in [1.165, 1.54) is 0 Å². The summed E-state index contributed by atoms with van der Waals surface area (Å²) in [5, 5.41) is 0. The van der Waals surface area contributed by atoms with Crippen molar-refractivity contribution in [3.63, 3.8) is 0 Å². The molecule has 0 radical (unpaired) electrons. The second-order valence-electron chi connectivity index (χ2n) is 4.98. The van der Waals surface area contributed by atoms with Gasteiger partial charge in [0, 0.05) is 56.7 Å². The molecule has 2 rings (SSSR count). The number of hydrogen-bond donors (Lipinski definition) is 0. The summed E-state index contributed by atoms with van der Waals surface area (Å²) in [5.41, 5.74) is 3.40. The van der Waals surface area contributed by atoms with Gasteiger partial charge in [0.1, 0.15) is 0 Å². The minimum atomic E-state index is 1.11. The van der Waals surface area contributed by atoms with Crippen LogP contribution in [0.25, 0.3) is 0 Å². The van der Waals surface area contributed by atoms with Crippen LogP contribution in [-0.4, -0.2) is 27.4 Å². The molecule has 122 valence electrons. The molecule has 0 bridgehead atoms. The average Bonchev–Trinajstić information content (AvgIpc) is 2.61.